The molecule has 2 aromatic rings. The van der Waals surface area contributed by atoms with Crippen molar-refractivity contribution in [2.75, 3.05) is 5.32 Å². The summed E-state index contributed by atoms with van der Waals surface area (Å²) in [4.78, 5) is 16.0. The molecule has 5 nitrogen and oxygen atoms in total. The fourth-order valence-electron chi connectivity index (χ4n) is 1.67. The molecule has 0 aliphatic heterocycles. The van der Waals surface area contributed by atoms with Gasteiger partial charge in [0.25, 0.3) is 5.91 Å². The molecule has 0 saturated carbocycles. The van der Waals surface area contributed by atoms with Crippen LogP contribution < -0.4 is 5.32 Å². The van der Waals surface area contributed by atoms with E-state index in [0.29, 0.717) is 11.6 Å². The average Bonchev–Trinajstić information content (AvgIpc) is 2.75. The van der Waals surface area contributed by atoms with Crippen LogP contribution in [0.5, 0.6) is 0 Å². The lowest BCUT2D eigenvalue weighted by Crippen LogP contribution is -2.12. The van der Waals surface area contributed by atoms with Gasteiger partial charge in [0.1, 0.15) is 18.2 Å². The lowest BCUT2D eigenvalue weighted by Gasteiger charge is -2.04. The summed E-state index contributed by atoms with van der Waals surface area (Å²) in [7, 11) is 0. The Morgan fingerprint density at radius 3 is 2.78 bits per heavy atom. The third-order valence-electron chi connectivity index (χ3n) is 2.38. The summed E-state index contributed by atoms with van der Waals surface area (Å²) in [6.45, 7) is 3.57. The van der Waals surface area contributed by atoms with Crippen molar-refractivity contribution in [2.24, 2.45) is 0 Å². The average molecular weight is 246 g/mol. The summed E-state index contributed by atoms with van der Waals surface area (Å²) < 4.78 is 5.14. The zero-order chi connectivity index (χ0) is 13.1. The first-order chi connectivity index (χ1) is 8.58. The highest BCUT2D eigenvalue weighted by molar-refractivity contribution is 6.01. The molecule has 0 aliphatic carbocycles. The molecular weight excluding hydrogens is 232 g/mol. The van der Waals surface area contributed by atoms with Crippen molar-refractivity contribution in [3.05, 3.63) is 47.0 Å². The van der Waals surface area contributed by atoms with E-state index in [1.54, 1.807) is 12.1 Å². The first kappa shape index (κ1) is 12.3. The fourth-order valence-corrected chi connectivity index (χ4v) is 1.67. The van der Waals surface area contributed by atoms with Gasteiger partial charge in [0.05, 0.1) is 0 Å². The number of aromatic nitrogens is 1. The van der Waals surface area contributed by atoms with E-state index in [2.05, 4.69) is 10.3 Å². The normalized spacial score (nSPS) is 10.4. The third kappa shape index (κ3) is 2.75. The number of nitrogens with one attached hydrogen (secondary N) is 1. The number of aryl methyl sites for hydroxylation is 2. The number of rotatable bonds is 3. The van der Waals surface area contributed by atoms with Crippen LogP contribution in [0, 0.1) is 13.8 Å². The highest BCUT2D eigenvalue weighted by atomic mass is 16.4. The number of aliphatic hydroxyl groups is 1. The van der Waals surface area contributed by atoms with E-state index in [4.69, 9.17) is 9.52 Å². The Balaban J connectivity index is 2.15. The monoisotopic (exact) mass is 246 g/mol. The number of hydrogen-bond acceptors (Lipinski definition) is 4. The van der Waals surface area contributed by atoms with Crippen LogP contribution in [-0.4, -0.2) is 16.0 Å². The third-order valence-corrected chi connectivity index (χ3v) is 2.38. The van der Waals surface area contributed by atoms with E-state index in [-0.39, 0.29) is 18.3 Å². The number of nitrogens with zero attached hydrogens (tertiary/aromatic N) is 1. The van der Waals surface area contributed by atoms with Crippen molar-refractivity contribution in [1.29, 1.82) is 0 Å². The standard InChI is InChI=1S/C13H14N2O3/c1-8-5-9(2)14-12(6-8)15-13(17)11-4-3-10(7-16)18-11/h3-6,16H,7H2,1-2H3,(H,14,15,17). The number of aliphatic hydroxyl groups excluding tert-OH is 1. The Morgan fingerprint density at radius 1 is 1.39 bits per heavy atom. The van der Waals surface area contributed by atoms with Crippen molar-refractivity contribution in [2.45, 2.75) is 20.5 Å². The molecule has 0 aromatic carbocycles. The maximum Gasteiger partial charge on any atom is 0.292 e. The van der Waals surface area contributed by atoms with Crippen LogP contribution in [0.1, 0.15) is 27.6 Å². The highest BCUT2D eigenvalue weighted by Crippen LogP contribution is 2.13. The second-order valence-corrected chi connectivity index (χ2v) is 4.05. The van der Waals surface area contributed by atoms with Gasteiger partial charge in [-0.2, -0.15) is 0 Å². The summed E-state index contributed by atoms with van der Waals surface area (Å²) in [5.74, 6) is 0.611. The van der Waals surface area contributed by atoms with Crippen molar-refractivity contribution in [3.63, 3.8) is 0 Å². The van der Waals surface area contributed by atoms with Gasteiger partial charge < -0.3 is 14.8 Å². The molecule has 0 atom stereocenters. The van der Waals surface area contributed by atoms with E-state index in [9.17, 15) is 4.79 Å². The summed E-state index contributed by atoms with van der Waals surface area (Å²) >= 11 is 0. The largest absolute Gasteiger partial charge is 0.453 e. The highest BCUT2D eigenvalue weighted by Gasteiger charge is 2.12. The van der Waals surface area contributed by atoms with Gasteiger partial charge in [0, 0.05) is 5.69 Å². The van der Waals surface area contributed by atoms with Gasteiger partial charge in [-0.05, 0) is 43.7 Å². The molecule has 2 N–H and O–H groups in total. The molecule has 2 heterocycles. The minimum absolute atomic E-state index is 0.153. The molecule has 2 rings (SSSR count). The minimum Gasteiger partial charge on any atom is -0.453 e. The smallest absolute Gasteiger partial charge is 0.292 e. The molecule has 94 valence electrons. The van der Waals surface area contributed by atoms with Crippen LogP contribution in [0.2, 0.25) is 0 Å². The molecule has 0 bridgehead atoms. The summed E-state index contributed by atoms with van der Waals surface area (Å²) in [6.07, 6.45) is 0. The van der Waals surface area contributed by atoms with Gasteiger partial charge in [-0.3, -0.25) is 4.79 Å². The summed E-state index contributed by atoms with van der Waals surface area (Å²) in [5.41, 5.74) is 1.86. The molecule has 2 aromatic heterocycles. The maximum atomic E-state index is 11.8. The molecule has 0 spiro atoms. The van der Waals surface area contributed by atoms with Crippen LogP contribution in [0.25, 0.3) is 0 Å². The fraction of sp³-hybridized carbons (Fsp3) is 0.231. The number of furan rings is 1. The van der Waals surface area contributed by atoms with Crippen LogP contribution in [0.15, 0.2) is 28.7 Å². The zero-order valence-corrected chi connectivity index (χ0v) is 10.2. The molecule has 0 saturated heterocycles. The van der Waals surface area contributed by atoms with Crippen LogP contribution in [0.3, 0.4) is 0 Å². The number of amides is 1. The second kappa shape index (κ2) is 5.01. The van der Waals surface area contributed by atoms with Gasteiger partial charge in [-0.15, -0.1) is 0 Å². The quantitative estimate of drug-likeness (QED) is 0.869. The van der Waals surface area contributed by atoms with E-state index >= 15 is 0 Å². The van der Waals surface area contributed by atoms with E-state index < -0.39 is 0 Å². The van der Waals surface area contributed by atoms with Gasteiger partial charge >= 0.3 is 0 Å². The number of carbonyl (C=O) groups is 1. The number of carbonyl (C=O) groups excluding carboxylic acids is 1. The Hall–Kier alpha value is -2.14. The lowest BCUT2D eigenvalue weighted by atomic mass is 10.2. The Labute approximate surface area is 104 Å². The van der Waals surface area contributed by atoms with Crippen molar-refractivity contribution < 1.29 is 14.3 Å². The van der Waals surface area contributed by atoms with Crippen LogP contribution in [0.4, 0.5) is 5.82 Å². The molecule has 0 fully saturated rings. The molecule has 0 radical (unpaired) electrons. The Morgan fingerprint density at radius 2 is 2.17 bits per heavy atom. The Bertz CT molecular complexity index is 555. The van der Waals surface area contributed by atoms with Crippen molar-refractivity contribution in [1.82, 2.24) is 4.98 Å². The van der Waals surface area contributed by atoms with Gasteiger partial charge in [0.2, 0.25) is 0 Å². The topological polar surface area (TPSA) is 75.4 Å². The zero-order valence-electron chi connectivity index (χ0n) is 10.2. The lowest BCUT2D eigenvalue weighted by molar-refractivity contribution is 0.0991. The van der Waals surface area contributed by atoms with Crippen LogP contribution >= 0.6 is 0 Å². The van der Waals surface area contributed by atoms with Gasteiger partial charge in [-0.1, -0.05) is 0 Å². The molecular formula is C13H14N2O3. The van der Waals surface area contributed by atoms with Gasteiger partial charge in [-0.25, -0.2) is 4.98 Å². The van der Waals surface area contributed by atoms with E-state index in [1.165, 1.54) is 6.07 Å². The SMILES string of the molecule is Cc1cc(C)nc(NC(=O)c2ccc(CO)o2)c1. The molecule has 0 unspecified atom stereocenters. The number of pyridine rings is 1. The molecule has 5 heteroatoms. The second-order valence-electron chi connectivity index (χ2n) is 4.05. The molecule has 18 heavy (non-hydrogen) atoms. The van der Waals surface area contributed by atoms with Crippen molar-refractivity contribution >= 4 is 11.7 Å². The van der Waals surface area contributed by atoms with E-state index in [1.807, 2.05) is 19.9 Å². The van der Waals surface area contributed by atoms with Crippen LogP contribution in [-0.2, 0) is 6.61 Å². The summed E-state index contributed by atoms with van der Waals surface area (Å²) in [5, 5.41) is 11.5. The first-order valence-corrected chi connectivity index (χ1v) is 5.54. The van der Waals surface area contributed by atoms with Crippen molar-refractivity contribution in [3.8, 4) is 0 Å². The first-order valence-electron chi connectivity index (χ1n) is 5.54. The van der Waals surface area contributed by atoms with Gasteiger partial charge in [0.15, 0.2) is 5.76 Å². The maximum absolute atomic E-state index is 11.8. The minimum atomic E-state index is -0.382. The number of anilines is 1. The number of hydrogen-bond donors (Lipinski definition) is 2. The predicted octanol–water partition coefficient (Wildman–Crippen LogP) is 2.04. The molecule has 0 aliphatic rings. The Kier molecular flexibility index (Phi) is 3.43. The van der Waals surface area contributed by atoms with E-state index in [0.717, 1.165) is 11.3 Å². The summed E-state index contributed by atoms with van der Waals surface area (Å²) in [6, 6.07) is 6.78. The molecule has 1 amide bonds. The predicted molar refractivity (Wildman–Crippen MR) is 66.3 cm³/mol.